The van der Waals surface area contributed by atoms with Crippen molar-refractivity contribution in [3.63, 3.8) is 0 Å². The van der Waals surface area contributed by atoms with Gasteiger partial charge in [0, 0.05) is 5.38 Å². The van der Waals surface area contributed by atoms with E-state index in [4.69, 9.17) is 9.52 Å². The Morgan fingerprint density at radius 2 is 2.44 bits per heavy atom. The summed E-state index contributed by atoms with van der Waals surface area (Å²) in [7, 11) is 0. The Kier molecular flexibility index (Phi) is 1.80. The fourth-order valence-electron chi connectivity index (χ4n) is 1.34. The first-order chi connectivity index (χ1) is 7.75. The molecule has 0 atom stereocenters. The molecule has 3 heterocycles. The molecule has 3 aromatic rings. The van der Waals surface area contributed by atoms with Gasteiger partial charge in [0.15, 0.2) is 11.5 Å². The molecule has 80 valence electrons. The van der Waals surface area contributed by atoms with Crippen LogP contribution in [0, 0.1) is 0 Å². The molecule has 6 nitrogen and oxygen atoms in total. The van der Waals surface area contributed by atoms with Gasteiger partial charge in [-0.15, -0.1) is 16.4 Å². The molecular formula is C9H5N3O3S. The second kappa shape index (κ2) is 3.17. The van der Waals surface area contributed by atoms with Crippen molar-refractivity contribution in [3.8, 4) is 11.6 Å². The minimum atomic E-state index is -1.03. The van der Waals surface area contributed by atoms with Crippen molar-refractivity contribution in [2.75, 3.05) is 0 Å². The molecule has 16 heavy (non-hydrogen) atoms. The van der Waals surface area contributed by atoms with Crippen LogP contribution in [0.1, 0.15) is 10.5 Å². The van der Waals surface area contributed by atoms with Crippen LogP contribution in [0.25, 0.3) is 16.5 Å². The van der Waals surface area contributed by atoms with Crippen LogP contribution in [0.15, 0.2) is 28.2 Å². The lowest BCUT2D eigenvalue weighted by molar-refractivity contribution is 0.0688. The maximum Gasteiger partial charge on any atom is 0.355 e. The van der Waals surface area contributed by atoms with Gasteiger partial charge >= 0.3 is 5.97 Å². The molecule has 3 rings (SSSR count). The largest absolute Gasteiger partial charge is 0.476 e. The molecule has 0 saturated carbocycles. The summed E-state index contributed by atoms with van der Waals surface area (Å²) in [5.41, 5.74) is 0.102. The van der Waals surface area contributed by atoms with Crippen LogP contribution in [0.4, 0.5) is 0 Å². The zero-order valence-electron chi connectivity index (χ0n) is 7.82. The van der Waals surface area contributed by atoms with Crippen molar-refractivity contribution >= 4 is 22.3 Å². The Morgan fingerprint density at radius 3 is 3.12 bits per heavy atom. The first-order valence-corrected chi connectivity index (χ1v) is 5.25. The van der Waals surface area contributed by atoms with Crippen molar-refractivity contribution in [1.29, 1.82) is 0 Å². The highest BCUT2D eigenvalue weighted by molar-refractivity contribution is 7.15. The van der Waals surface area contributed by atoms with Crippen molar-refractivity contribution in [2.45, 2.75) is 0 Å². The number of carboxylic acids is 1. The number of furan rings is 1. The molecule has 0 aliphatic heterocycles. The van der Waals surface area contributed by atoms with E-state index in [9.17, 15) is 4.79 Å². The summed E-state index contributed by atoms with van der Waals surface area (Å²) in [5, 5.41) is 14.5. The summed E-state index contributed by atoms with van der Waals surface area (Å²) in [5.74, 6) is -0.117. The number of aromatic carboxylic acids is 1. The summed E-state index contributed by atoms with van der Waals surface area (Å²) in [6.07, 6.45) is 1.52. The number of fused-ring (bicyclic) bond motifs is 1. The number of carboxylic acid groups (broad SMARTS) is 1. The molecule has 0 aliphatic carbocycles. The fourth-order valence-corrected chi connectivity index (χ4v) is 2.14. The topological polar surface area (TPSA) is 80.6 Å². The molecule has 0 aromatic carbocycles. The lowest BCUT2D eigenvalue weighted by atomic mass is 10.4. The van der Waals surface area contributed by atoms with Gasteiger partial charge in [-0.1, -0.05) is 0 Å². The average Bonchev–Trinajstić information content (AvgIpc) is 2.92. The lowest BCUT2D eigenvalue weighted by Crippen LogP contribution is -2.01. The summed E-state index contributed by atoms with van der Waals surface area (Å²) in [6, 6.07) is 3.45. The Morgan fingerprint density at radius 1 is 1.56 bits per heavy atom. The molecule has 0 radical (unpaired) electrons. The van der Waals surface area contributed by atoms with Gasteiger partial charge in [0.05, 0.1) is 6.26 Å². The molecule has 0 saturated heterocycles. The van der Waals surface area contributed by atoms with Gasteiger partial charge in [-0.2, -0.15) is 9.50 Å². The summed E-state index contributed by atoms with van der Waals surface area (Å²) < 4.78 is 6.43. The molecule has 3 aromatic heterocycles. The number of aromatic nitrogens is 3. The third kappa shape index (κ3) is 1.22. The van der Waals surface area contributed by atoms with Gasteiger partial charge in [0.1, 0.15) is 0 Å². The highest BCUT2D eigenvalue weighted by atomic mass is 32.1. The molecule has 0 bridgehead atoms. The SMILES string of the molecule is O=C(O)c1csc2nc(-c3ccco3)nn12. The summed E-state index contributed by atoms with van der Waals surface area (Å²) >= 11 is 1.23. The first-order valence-electron chi connectivity index (χ1n) is 4.37. The van der Waals surface area contributed by atoms with Crippen LogP contribution in [0.2, 0.25) is 0 Å². The van der Waals surface area contributed by atoms with Gasteiger partial charge in [-0.3, -0.25) is 0 Å². The van der Waals surface area contributed by atoms with E-state index < -0.39 is 5.97 Å². The van der Waals surface area contributed by atoms with Gasteiger partial charge in [0.25, 0.3) is 0 Å². The molecular weight excluding hydrogens is 230 g/mol. The Balaban J connectivity index is 2.20. The number of hydrogen-bond donors (Lipinski definition) is 1. The maximum absolute atomic E-state index is 10.9. The Hall–Kier alpha value is -2.15. The number of rotatable bonds is 2. The number of nitrogens with zero attached hydrogens (tertiary/aromatic N) is 3. The van der Waals surface area contributed by atoms with Crippen LogP contribution in [0.3, 0.4) is 0 Å². The maximum atomic E-state index is 10.9. The number of carbonyl (C=O) groups is 1. The Labute approximate surface area is 92.8 Å². The number of thiazole rings is 1. The second-order valence-corrected chi connectivity index (χ2v) is 3.87. The van der Waals surface area contributed by atoms with E-state index in [0.717, 1.165) is 0 Å². The van der Waals surface area contributed by atoms with E-state index in [0.29, 0.717) is 16.5 Å². The summed E-state index contributed by atoms with van der Waals surface area (Å²) in [6.45, 7) is 0. The normalized spacial score (nSPS) is 11.0. The third-order valence-electron chi connectivity index (χ3n) is 2.04. The first kappa shape index (κ1) is 9.10. The quantitative estimate of drug-likeness (QED) is 0.731. The predicted molar refractivity (Wildman–Crippen MR) is 55.5 cm³/mol. The van der Waals surface area contributed by atoms with E-state index in [1.54, 1.807) is 12.1 Å². The highest BCUT2D eigenvalue weighted by Gasteiger charge is 2.16. The van der Waals surface area contributed by atoms with Crippen LogP contribution in [-0.2, 0) is 0 Å². The van der Waals surface area contributed by atoms with E-state index in [2.05, 4.69) is 10.1 Å². The van der Waals surface area contributed by atoms with E-state index in [1.807, 2.05) is 0 Å². The van der Waals surface area contributed by atoms with Crippen molar-refractivity contribution in [1.82, 2.24) is 14.6 Å². The monoisotopic (exact) mass is 235 g/mol. The van der Waals surface area contributed by atoms with Crippen LogP contribution in [-0.4, -0.2) is 25.7 Å². The lowest BCUT2D eigenvalue weighted by Gasteiger charge is -1.88. The van der Waals surface area contributed by atoms with Gasteiger partial charge < -0.3 is 9.52 Å². The van der Waals surface area contributed by atoms with Crippen LogP contribution < -0.4 is 0 Å². The van der Waals surface area contributed by atoms with Gasteiger partial charge in [-0.25, -0.2) is 4.79 Å². The molecule has 0 aliphatic rings. The van der Waals surface area contributed by atoms with Gasteiger partial charge in [0.2, 0.25) is 10.8 Å². The highest BCUT2D eigenvalue weighted by Crippen LogP contribution is 2.20. The van der Waals surface area contributed by atoms with E-state index in [1.165, 1.54) is 27.5 Å². The average molecular weight is 235 g/mol. The summed E-state index contributed by atoms with van der Waals surface area (Å²) in [4.78, 5) is 15.6. The zero-order valence-corrected chi connectivity index (χ0v) is 8.64. The molecule has 0 fully saturated rings. The second-order valence-electron chi connectivity index (χ2n) is 3.03. The molecule has 0 unspecified atom stereocenters. The third-order valence-corrected chi connectivity index (χ3v) is 2.86. The smallest absolute Gasteiger partial charge is 0.355 e. The van der Waals surface area contributed by atoms with Crippen molar-refractivity contribution in [2.24, 2.45) is 0 Å². The minimum Gasteiger partial charge on any atom is -0.476 e. The predicted octanol–water partition coefficient (Wildman–Crippen LogP) is 1.75. The van der Waals surface area contributed by atoms with E-state index >= 15 is 0 Å². The Bertz CT molecular complexity index is 653. The fraction of sp³-hybridized carbons (Fsp3) is 0. The van der Waals surface area contributed by atoms with E-state index in [-0.39, 0.29) is 5.69 Å². The minimum absolute atomic E-state index is 0.102. The molecule has 0 amide bonds. The van der Waals surface area contributed by atoms with Crippen molar-refractivity contribution in [3.05, 3.63) is 29.5 Å². The standard InChI is InChI=1S/C9H5N3O3S/c13-8(14)5-4-16-9-10-7(11-12(5)9)6-2-1-3-15-6/h1-4H,(H,13,14). The molecule has 7 heteroatoms. The van der Waals surface area contributed by atoms with Gasteiger partial charge in [-0.05, 0) is 12.1 Å². The van der Waals surface area contributed by atoms with Crippen LogP contribution in [0.5, 0.6) is 0 Å². The van der Waals surface area contributed by atoms with Crippen molar-refractivity contribution < 1.29 is 14.3 Å². The number of hydrogen-bond acceptors (Lipinski definition) is 5. The molecule has 1 N–H and O–H groups in total. The molecule has 0 spiro atoms. The zero-order chi connectivity index (χ0) is 11.1. The van der Waals surface area contributed by atoms with Crippen LogP contribution >= 0.6 is 11.3 Å².